The van der Waals surface area contributed by atoms with E-state index < -0.39 is 0 Å². The van der Waals surface area contributed by atoms with Crippen molar-refractivity contribution in [2.45, 2.75) is 6.10 Å². The van der Waals surface area contributed by atoms with Gasteiger partial charge in [0.1, 0.15) is 12.7 Å². The average Bonchev–Trinajstić information content (AvgIpc) is 2.86. The Morgan fingerprint density at radius 1 is 1.75 bits per heavy atom. The minimum Gasteiger partial charge on any atom is -0.488 e. The maximum Gasteiger partial charge on any atom is 0.151 e. The highest BCUT2D eigenvalue weighted by Crippen LogP contribution is 2.23. The molecule has 1 aromatic rings. The first-order chi connectivity index (χ1) is 5.86. The van der Waals surface area contributed by atoms with Gasteiger partial charge in [0.05, 0.1) is 17.3 Å². The monoisotopic (exact) mass is 229 g/mol. The van der Waals surface area contributed by atoms with E-state index in [4.69, 9.17) is 9.47 Å². The van der Waals surface area contributed by atoms with Gasteiger partial charge in [-0.2, -0.15) is 0 Å². The van der Waals surface area contributed by atoms with E-state index in [9.17, 15) is 0 Å². The largest absolute Gasteiger partial charge is 0.488 e. The SMILES string of the molecule is Brc1ccncc1OCC1CO1. The number of aromatic nitrogens is 1. The average molecular weight is 230 g/mol. The highest BCUT2D eigenvalue weighted by Gasteiger charge is 2.23. The summed E-state index contributed by atoms with van der Waals surface area (Å²) >= 11 is 3.36. The molecule has 2 rings (SSSR count). The number of rotatable bonds is 3. The van der Waals surface area contributed by atoms with Crippen LogP contribution >= 0.6 is 15.9 Å². The maximum absolute atomic E-state index is 5.43. The molecule has 2 heterocycles. The van der Waals surface area contributed by atoms with Crippen LogP contribution in [-0.2, 0) is 4.74 Å². The molecule has 1 saturated heterocycles. The normalized spacial score (nSPS) is 20.6. The number of pyridine rings is 1. The van der Waals surface area contributed by atoms with Gasteiger partial charge >= 0.3 is 0 Å². The standard InChI is InChI=1S/C8H8BrNO2/c9-7-1-2-10-3-8(7)12-5-6-4-11-6/h1-3,6H,4-5H2. The van der Waals surface area contributed by atoms with Gasteiger partial charge in [0.15, 0.2) is 5.75 Å². The molecule has 3 nitrogen and oxygen atoms in total. The molecular weight excluding hydrogens is 222 g/mol. The number of hydrogen-bond acceptors (Lipinski definition) is 3. The van der Waals surface area contributed by atoms with E-state index in [0.29, 0.717) is 6.61 Å². The Balaban J connectivity index is 1.96. The van der Waals surface area contributed by atoms with Gasteiger partial charge in [0.25, 0.3) is 0 Å². The molecule has 1 aliphatic rings. The van der Waals surface area contributed by atoms with Crippen molar-refractivity contribution in [1.29, 1.82) is 0 Å². The fourth-order valence-corrected chi connectivity index (χ4v) is 1.15. The maximum atomic E-state index is 5.43. The Morgan fingerprint density at radius 3 is 3.25 bits per heavy atom. The molecule has 0 amide bonds. The molecule has 0 radical (unpaired) electrons. The fraction of sp³-hybridized carbons (Fsp3) is 0.375. The zero-order valence-electron chi connectivity index (χ0n) is 6.37. The second-order valence-electron chi connectivity index (χ2n) is 2.57. The molecule has 0 saturated carbocycles. The molecular formula is C8H8BrNO2. The minimum atomic E-state index is 0.289. The number of hydrogen-bond donors (Lipinski definition) is 0. The fourth-order valence-electron chi connectivity index (χ4n) is 0.816. The number of epoxide rings is 1. The van der Waals surface area contributed by atoms with Gasteiger partial charge in [0.2, 0.25) is 0 Å². The van der Waals surface area contributed by atoms with Gasteiger partial charge in [-0.25, -0.2) is 0 Å². The van der Waals surface area contributed by atoms with Crippen LogP contribution in [0.1, 0.15) is 0 Å². The van der Waals surface area contributed by atoms with Crippen LogP contribution in [0.3, 0.4) is 0 Å². The molecule has 4 heteroatoms. The van der Waals surface area contributed by atoms with Gasteiger partial charge in [0, 0.05) is 6.20 Å². The predicted octanol–water partition coefficient (Wildman–Crippen LogP) is 1.62. The Hall–Kier alpha value is -0.610. The lowest BCUT2D eigenvalue weighted by Crippen LogP contribution is -2.04. The predicted molar refractivity (Wildman–Crippen MR) is 47.2 cm³/mol. The Labute approximate surface area is 78.8 Å². The highest BCUT2D eigenvalue weighted by molar-refractivity contribution is 9.10. The molecule has 1 aliphatic heterocycles. The van der Waals surface area contributed by atoms with Crippen molar-refractivity contribution in [2.24, 2.45) is 0 Å². The van der Waals surface area contributed by atoms with Crippen molar-refractivity contribution in [3.63, 3.8) is 0 Å². The Morgan fingerprint density at radius 2 is 2.58 bits per heavy atom. The van der Waals surface area contributed by atoms with Crippen molar-refractivity contribution in [1.82, 2.24) is 4.98 Å². The molecule has 1 fully saturated rings. The van der Waals surface area contributed by atoms with E-state index in [-0.39, 0.29) is 6.10 Å². The summed E-state index contributed by atoms with van der Waals surface area (Å²) in [5.74, 6) is 0.771. The number of ether oxygens (including phenoxy) is 2. The molecule has 0 bridgehead atoms. The van der Waals surface area contributed by atoms with Crippen molar-refractivity contribution in [2.75, 3.05) is 13.2 Å². The summed E-state index contributed by atoms with van der Waals surface area (Å²) in [6, 6.07) is 1.85. The molecule has 0 aromatic carbocycles. The van der Waals surface area contributed by atoms with Crippen molar-refractivity contribution in [3.05, 3.63) is 22.9 Å². The van der Waals surface area contributed by atoms with Crippen LogP contribution in [-0.4, -0.2) is 24.3 Å². The summed E-state index contributed by atoms with van der Waals surface area (Å²) in [6.45, 7) is 1.43. The van der Waals surface area contributed by atoms with Crippen LogP contribution in [0.2, 0.25) is 0 Å². The number of nitrogens with zero attached hydrogens (tertiary/aromatic N) is 1. The zero-order valence-corrected chi connectivity index (χ0v) is 7.95. The van der Waals surface area contributed by atoms with Gasteiger partial charge < -0.3 is 9.47 Å². The van der Waals surface area contributed by atoms with Gasteiger partial charge in [-0.05, 0) is 22.0 Å². The van der Waals surface area contributed by atoms with Crippen molar-refractivity contribution < 1.29 is 9.47 Å². The molecule has 0 spiro atoms. The third-order valence-corrected chi connectivity index (χ3v) is 2.22. The van der Waals surface area contributed by atoms with Crippen LogP contribution in [0.15, 0.2) is 22.9 Å². The third kappa shape index (κ3) is 1.95. The van der Waals surface area contributed by atoms with E-state index >= 15 is 0 Å². The minimum absolute atomic E-state index is 0.289. The Bertz CT molecular complexity index is 276. The molecule has 0 aliphatic carbocycles. The summed E-state index contributed by atoms with van der Waals surface area (Å²) in [7, 11) is 0. The lowest BCUT2D eigenvalue weighted by atomic mass is 10.4. The van der Waals surface area contributed by atoms with E-state index in [0.717, 1.165) is 16.8 Å². The van der Waals surface area contributed by atoms with Gasteiger partial charge in [-0.15, -0.1) is 0 Å². The summed E-state index contributed by atoms with van der Waals surface area (Å²) in [6.07, 6.45) is 3.69. The van der Waals surface area contributed by atoms with Gasteiger partial charge in [-0.1, -0.05) is 0 Å². The lowest BCUT2D eigenvalue weighted by molar-refractivity contribution is 0.261. The molecule has 0 N–H and O–H groups in total. The van der Waals surface area contributed by atoms with Crippen LogP contribution in [0.4, 0.5) is 0 Å². The second kappa shape index (κ2) is 3.41. The van der Waals surface area contributed by atoms with Crippen LogP contribution in [0, 0.1) is 0 Å². The first-order valence-electron chi connectivity index (χ1n) is 3.70. The second-order valence-corrected chi connectivity index (χ2v) is 3.43. The van der Waals surface area contributed by atoms with E-state index in [1.54, 1.807) is 12.4 Å². The van der Waals surface area contributed by atoms with E-state index in [1.165, 1.54) is 0 Å². The summed E-state index contributed by atoms with van der Waals surface area (Å²) < 4.78 is 11.4. The molecule has 1 unspecified atom stereocenters. The smallest absolute Gasteiger partial charge is 0.151 e. The van der Waals surface area contributed by atoms with Crippen LogP contribution < -0.4 is 4.74 Å². The number of halogens is 1. The van der Waals surface area contributed by atoms with Crippen LogP contribution in [0.5, 0.6) is 5.75 Å². The third-order valence-electron chi connectivity index (χ3n) is 1.56. The summed E-state index contributed by atoms with van der Waals surface area (Å²) in [5.41, 5.74) is 0. The van der Waals surface area contributed by atoms with Gasteiger partial charge in [-0.3, -0.25) is 4.98 Å². The van der Waals surface area contributed by atoms with Crippen LogP contribution in [0.25, 0.3) is 0 Å². The lowest BCUT2D eigenvalue weighted by Gasteiger charge is -2.04. The molecule has 12 heavy (non-hydrogen) atoms. The molecule has 1 atom stereocenters. The summed E-state index contributed by atoms with van der Waals surface area (Å²) in [4.78, 5) is 3.95. The first kappa shape index (κ1) is 8.01. The van der Waals surface area contributed by atoms with E-state index in [1.807, 2.05) is 6.07 Å². The molecule has 64 valence electrons. The first-order valence-corrected chi connectivity index (χ1v) is 4.49. The zero-order chi connectivity index (χ0) is 8.39. The quantitative estimate of drug-likeness (QED) is 0.740. The summed E-state index contributed by atoms with van der Waals surface area (Å²) in [5, 5.41) is 0. The topological polar surface area (TPSA) is 34.6 Å². The highest BCUT2D eigenvalue weighted by atomic mass is 79.9. The van der Waals surface area contributed by atoms with Crippen molar-refractivity contribution in [3.8, 4) is 5.75 Å². The van der Waals surface area contributed by atoms with Crippen molar-refractivity contribution >= 4 is 15.9 Å². The molecule has 1 aromatic heterocycles. The Kier molecular flexibility index (Phi) is 2.28. The van der Waals surface area contributed by atoms with E-state index in [2.05, 4.69) is 20.9 Å².